The SMILES string of the molecule is C[C@H](CC(=O)O)S[C@@H](C)CC(=O)O. The third-order valence-corrected chi connectivity index (χ3v) is 2.65. The number of carbonyl (C=O) groups is 2. The fourth-order valence-electron chi connectivity index (χ4n) is 0.985. The van der Waals surface area contributed by atoms with Gasteiger partial charge in [0.1, 0.15) is 0 Å². The summed E-state index contributed by atoms with van der Waals surface area (Å²) in [6.45, 7) is 3.58. The van der Waals surface area contributed by atoms with E-state index in [9.17, 15) is 9.59 Å². The van der Waals surface area contributed by atoms with E-state index in [-0.39, 0.29) is 23.3 Å². The van der Waals surface area contributed by atoms with Gasteiger partial charge in [-0.1, -0.05) is 13.8 Å². The topological polar surface area (TPSA) is 74.6 Å². The summed E-state index contributed by atoms with van der Waals surface area (Å²) in [4.78, 5) is 20.6. The molecule has 0 aliphatic heterocycles. The smallest absolute Gasteiger partial charge is 0.304 e. The second kappa shape index (κ2) is 5.85. The van der Waals surface area contributed by atoms with Gasteiger partial charge < -0.3 is 10.2 Å². The Labute approximate surface area is 81.3 Å². The lowest BCUT2D eigenvalue weighted by atomic mass is 10.3. The first-order valence-corrected chi connectivity index (χ1v) is 4.95. The summed E-state index contributed by atoms with van der Waals surface area (Å²) in [6, 6.07) is 0. The fourth-order valence-corrected chi connectivity index (χ4v) is 2.26. The van der Waals surface area contributed by atoms with Crippen LogP contribution in [0.15, 0.2) is 0 Å². The van der Waals surface area contributed by atoms with Crippen molar-refractivity contribution in [2.45, 2.75) is 37.2 Å². The lowest BCUT2D eigenvalue weighted by molar-refractivity contribution is -0.137. The molecule has 5 heteroatoms. The first-order chi connectivity index (χ1) is 5.91. The number of thioether (sulfide) groups is 1. The molecule has 2 N–H and O–H groups in total. The van der Waals surface area contributed by atoms with Gasteiger partial charge >= 0.3 is 11.9 Å². The van der Waals surface area contributed by atoms with Crippen LogP contribution in [-0.2, 0) is 9.59 Å². The van der Waals surface area contributed by atoms with Gasteiger partial charge in [0.25, 0.3) is 0 Å². The first kappa shape index (κ1) is 12.3. The van der Waals surface area contributed by atoms with E-state index < -0.39 is 11.9 Å². The largest absolute Gasteiger partial charge is 0.481 e. The second-order valence-corrected chi connectivity index (χ2v) is 4.83. The maximum Gasteiger partial charge on any atom is 0.304 e. The molecule has 0 aliphatic carbocycles. The summed E-state index contributed by atoms with van der Waals surface area (Å²) in [5.74, 6) is -1.69. The Morgan fingerprint density at radius 2 is 1.38 bits per heavy atom. The van der Waals surface area contributed by atoms with Crippen molar-refractivity contribution >= 4 is 23.7 Å². The monoisotopic (exact) mass is 206 g/mol. The second-order valence-electron chi connectivity index (χ2n) is 2.95. The highest BCUT2D eigenvalue weighted by molar-refractivity contribution is 8.00. The van der Waals surface area contributed by atoms with Crippen molar-refractivity contribution in [2.75, 3.05) is 0 Å². The number of carboxylic acid groups (broad SMARTS) is 2. The molecule has 4 nitrogen and oxygen atoms in total. The van der Waals surface area contributed by atoms with E-state index >= 15 is 0 Å². The van der Waals surface area contributed by atoms with Crippen LogP contribution in [0.25, 0.3) is 0 Å². The van der Waals surface area contributed by atoms with E-state index in [1.807, 2.05) is 0 Å². The van der Waals surface area contributed by atoms with Gasteiger partial charge in [-0.2, -0.15) is 11.8 Å². The predicted octanol–water partition coefficient (Wildman–Crippen LogP) is 1.45. The Bertz CT molecular complexity index is 173. The van der Waals surface area contributed by atoms with Gasteiger partial charge in [0.05, 0.1) is 12.8 Å². The Kier molecular flexibility index (Phi) is 5.53. The van der Waals surface area contributed by atoms with E-state index in [1.54, 1.807) is 13.8 Å². The Morgan fingerprint density at radius 1 is 1.08 bits per heavy atom. The van der Waals surface area contributed by atoms with Gasteiger partial charge in [-0.15, -0.1) is 0 Å². The predicted molar refractivity (Wildman–Crippen MR) is 51.0 cm³/mol. The molecular weight excluding hydrogens is 192 g/mol. The molecule has 13 heavy (non-hydrogen) atoms. The molecule has 2 atom stereocenters. The third-order valence-electron chi connectivity index (χ3n) is 1.39. The molecule has 0 aromatic carbocycles. The molecule has 0 unspecified atom stereocenters. The molecule has 76 valence electrons. The number of aliphatic carboxylic acids is 2. The van der Waals surface area contributed by atoms with Crippen molar-refractivity contribution in [1.82, 2.24) is 0 Å². The van der Waals surface area contributed by atoms with E-state index in [0.717, 1.165) is 0 Å². The molecular formula is C8H14O4S. The molecule has 0 saturated carbocycles. The minimum Gasteiger partial charge on any atom is -0.481 e. The molecule has 0 amide bonds. The Morgan fingerprint density at radius 3 is 1.62 bits per heavy atom. The van der Waals surface area contributed by atoms with Crippen molar-refractivity contribution in [2.24, 2.45) is 0 Å². The normalized spacial score (nSPS) is 14.9. The maximum absolute atomic E-state index is 10.3. The fraction of sp³-hybridized carbons (Fsp3) is 0.750. The van der Waals surface area contributed by atoms with Gasteiger partial charge in [0.2, 0.25) is 0 Å². The van der Waals surface area contributed by atoms with Crippen LogP contribution in [0.2, 0.25) is 0 Å². The summed E-state index contributed by atoms with van der Waals surface area (Å²) in [5.41, 5.74) is 0. The van der Waals surface area contributed by atoms with E-state index in [4.69, 9.17) is 10.2 Å². The average molecular weight is 206 g/mol. The van der Waals surface area contributed by atoms with Crippen LogP contribution >= 0.6 is 11.8 Å². The zero-order valence-electron chi connectivity index (χ0n) is 7.69. The molecule has 0 bridgehead atoms. The zero-order chi connectivity index (χ0) is 10.4. The standard InChI is InChI=1S/C8H14O4S/c1-5(3-7(9)10)13-6(2)4-8(11)12/h5-6H,3-4H2,1-2H3,(H,9,10)(H,11,12)/t5-,6+. The Balaban J connectivity index is 3.70. The quantitative estimate of drug-likeness (QED) is 0.688. The van der Waals surface area contributed by atoms with Crippen LogP contribution in [0.3, 0.4) is 0 Å². The lowest BCUT2D eigenvalue weighted by Gasteiger charge is -2.13. The van der Waals surface area contributed by atoms with Gasteiger partial charge in [0.15, 0.2) is 0 Å². The lowest BCUT2D eigenvalue weighted by Crippen LogP contribution is -2.12. The van der Waals surface area contributed by atoms with E-state index in [0.29, 0.717) is 0 Å². The van der Waals surface area contributed by atoms with Crippen LogP contribution in [0.5, 0.6) is 0 Å². The number of hydrogen-bond acceptors (Lipinski definition) is 3. The minimum atomic E-state index is -0.845. The molecule has 0 spiro atoms. The van der Waals surface area contributed by atoms with Crippen LogP contribution in [0.1, 0.15) is 26.7 Å². The summed E-state index contributed by atoms with van der Waals surface area (Å²) < 4.78 is 0. The van der Waals surface area contributed by atoms with Crippen LogP contribution in [0, 0.1) is 0 Å². The summed E-state index contributed by atoms with van der Waals surface area (Å²) in [5, 5.41) is 16.8. The number of carboxylic acids is 2. The molecule has 0 heterocycles. The highest BCUT2D eigenvalue weighted by Gasteiger charge is 2.14. The number of hydrogen-bond donors (Lipinski definition) is 2. The van der Waals surface area contributed by atoms with Gasteiger partial charge in [-0.05, 0) is 0 Å². The average Bonchev–Trinajstić information content (AvgIpc) is 1.80. The van der Waals surface area contributed by atoms with E-state index in [1.165, 1.54) is 11.8 Å². The van der Waals surface area contributed by atoms with Gasteiger partial charge in [-0.25, -0.2) is 0 Å². The minimum absolute atomic E-state index is 0.0353. The highest BCUT2D eigenvalue weighted by Crippen LogP contribution is 2.22. The zero-order valence-corrected chi connectivity index (χ0v) is 8.50. The van der Waals surface area contributed by atoms with Crippen molar-refractivity contribution < 1.29 is 19.8 Å². The maximum atomic E-state index is 10.3. The van der Waals surface area contributed by atoms with Crippen LogP contribution in [0.4, 0.5) is 0 Å². The summed E-state index contributed by atoms with van der Waals surface area (Å²) in [7, 11) is 0. The van der Waals surface area contributed by atoms with E-state index in [2.05, 4.69) is 0 Å². The van der Waals surface area contributed by atoms with Crippen LogP contribution < -0.4 is 0 Å². The highest BCUT2D eigenvalue weighted by atomic mass is 32.2. The van der Waals surface area contributed by atoms with Crippen molar-refractivity contribution in [3.05, 3.63) is 0 Å². The van der Waals surface area contributed by atoms with Crippen molar-refractivity contribution in [1.29, 1.82) is 0 Å². The molecule has 0 radical (unpaired) electrons. The molecule has 0 aromatic rings. The molecule has 0 rings (SSSR count). The molecule has 0 saturated heterocycles. The molecule has 0 aliphatic rings. The van der Waals surface area contributed by atoms with Crippen LogP contribution in [-0.4, -0.2) is 32.7 Å². The summed E-state index contributed by atoms with van der Waals surface area (Å²) in [6.07, 6.45) is 0.156. The van der Waals surface area contributed by atoms with Gasteiger partial charge in [0, 0.05) is 10.5 Å². The molecule has 0 fully saturated rings. The summed E-state index contributed by atoms with van der Waals surface area (Å²) >= 11 is 1.39. The Hall–Kier alpha value is -0.710. The van der Waals surface area contributed by atoms with Crippen molar-refractivity contribution in [3.8, 4) is 0 Å². The first-order valence-electron chi connectivity index (χ1n) is 4.01. The third kappa shape index (κ3) is 7.64. The van der Waals surface area contributed by atoms with Gasteiger partial charge in [-0.3, -0.25) is 9.59 Å². The van der Waals surface area contributed by atoms with Crippen molar-refractivity contribution in [3.63, 3.8) is 0 Å². The molecule has 0 aromatic heterocycles. The number of rotatable bonds is 6.